The highest BCUT2D eigenvalue weighted by molar-refractivity contribution is 6.34. The molecule has 6 heteroatoms. The third-order valence-corrected chi connectivity index (χ3v) is 2.89. The Bertz CT molecular complexity index is 585. The average Bonchev–Trinajstić information content (AvgIpc) is 2.35. The van der Waals surface area contributed by atoms with Crippen LogP contribution in [0.2, 0.25) is 10.0 Å². The van der Waals surface area contributed by atoms with Gasteiger partial charge in [-0.15, -0.1) is 0 Å². The zero-order chi connectivity index (χ0) is 16.0. The van der Waals surface area contributed by atoms with Crippen molar-refractivity contribution in [3.05, 3.63) is 51.5 Å². The van der Waals surface area contributed by atoms with E-state index < -0.39 is 11.9 Å². The van der Waals surface area contributed by atoms with Gasteiger partial charge in [0.05, 0.1) is 6.61 Å². The molecule has 0 fully saturated rings. The van der Waals surface area contributed by atoms with Gasteiger partial charge in [-0.25, -0.2) is 9.59 Å². The van der Waals surface area contributed by atoms with Crippen molar-refractivity contribution < 1.29 is 19.4 Å². The Labute approximate surface area is 132 Å². The molecule has 112 valence electrons. The number of esters is 1. The van der Waals surface area contributed by atoms with Crippen LogP contribution in [0.3, 0.4) is 0 Å². The maximum absolute atomic E-state index is 11.2. The summed E-state index contributed by atoms with van der Waals surface area (Å²) in [6, 6.07) is 4.74. The van der Waals surface area contributed by atoms with Crippen molar-refractivity contribution in [3.63, 3.8) is 0 Å². The number of ether oxygens (including phenoxy) is 1. The Morgan fingerprint density at radius 2 is 1.86 bits per heavy atom. The second kappa shape index (κ2) is 7.86. The third kappa shape index (κ3) is 6.02. The summed E-state index contributed by atoms with van der Waals surface area (Å²) in [7, 11) is 0. The van der Waals surface area contributed by atoms with Crippen molar-refractivity contribution in [2.45, 2.75) is 13.3 Å². The molecule has 0 aliphatic rings. The van der Waals surface area contributed by atoms with Gasteiger partial charge in [0, 0.05) is 27.6 Å². The summed E-state index contributed by atoms with van der Waals surface area (Å²) in [4.78, 5) is 22.4. The molecule has 0 heterocycles. The number of hydrogen-bond acceptors (Lipinski definition) is 3. The molecule has 0 saturated heterocycles. The number of aliphatic carboxylic acids is 1. The number of carbonyl (C=O) groups excluding carboxylic acids is 1. The lowest BCUT2D eigenvalue weighted by atomic mass is 10.1. The lowest BCUT2D eigenvalue weighted by molar-refractivity contribution is -0.139. The monoisotopic (exact) mass is 328 g/mol. The predicted octanol–water partition coefficient (Wildman–Crippen LogP) is 3.97. The van der Waals surface area contributed by atoms with Crippen LogP contribution < -0.4 is 0 Å². The third-order valence-electron chi connectivity index (χ3n) is 2.45. The van der Waals surface area contributed by atoms with Crippen LogP contribution >= 0.6 is 23.2 Å². The van der Waals surface area contributed by atoms with Crippen LogP contribution in [0.4, 0.5) is 0 Å². The molecule has 0 aromatic heterocycles. The lowest BCUT2D eigenvalue weighted by Crippen LogP contribution is -2.09. The summed E-state index contributed by atoms with van der Waals surface area (Å²) in [5.41, 5.74) is 0.913. The number of hydrogen-bond donors (Lipinski definition) is 1. The highest BCUT2D eigenvalue weighted by Gasteiger charge is 2.10. The smallest absolute Gasteiger partial charge is 0.333 e. The fraction of sp³-hybridized carbons (Fsp3) is 0.200. The first kappa shape index (κ1) is 17.3. The molecule has 0 aliphatic carbocycles. The second-order valence-electron chi connectivity index (χ2n) is 4.34. The molecule has 1 aromatic rings. The second-order valence-corrected chi connectivity index (χ2v) is 5.22. The highest BCUT2D eigenvalue weighted by Crippen LogP contribution is 2.21. The van der Waals surface area contributed by atoms with E-state index in [9.17, 15) is 9.59 Å². The normalized spacial score (nSPS) is 11.1. The van der Waals surface area contributed by atoms with Gasteiger partial charge >= 0.3 is 11.9 Å². The van der Waals surface area contributed by atoms with Crippen LogP contribution in [-0.4, -0.2) is 23.7 Å². The minimum Gasteiger partial charge on any atom is -0.478 e. The molecule has 0 aliphatic heterocycles. The summed E-state index contributed by atoms with van der Waals surface area (Å²) in [6.45, 7) is 4.91. The number of halogens is 2. The molecule has 21 heavy (non-hydrogen) atoms. The number of carboxylic acids is 1. The molecule has 1 rings (SSSR count). The minimum absolute atomic E-state index is 0.0435. The molecule has 1 N–H and O–H groups in total. The predicted molar refractivity (Wildman–Crippen MR) is 82.5 cm³/mol. The SMILES string of the molecule is C=C(C)C(=O)OCCC(=Cc1cc(Cl)cc(Cl)c1)C(=O)O. The van der Waals surface area contributed by atoms with Crippen LogP contribution in [0.15, 0.2) is 35.9 Å². The maximum Gasteiger partial charge on any atom is 0.333 e. The molecule has 0 bridgehead atoms. The molecule has 0 radical (unpaired) electrons. The van der Waals surface area contributed by atoms with Gasteiger partial charge in [-0.05, 0) is 36.8 Å². The highest BCUT2D eigenvalue weighted by atomic mass is 35.5. The van der Waals surface area contributed by atoms with Gasteiger partial charge in [-0.1, -0.05) is 29.8 Å². The summed E-state index contributed by atoms with van der Waals surface area (Å²) >= 11 is 11.7. The molecular weight excluding hydrogens is 315 g/mol. The van der Waals surface area contributed by atoms with Crippen molar-refractivity contribution in [2.24, 2.45) is 0 Å². The first-order valence-electron chi connectivity index (χ1n) is 6.02. The molecule has 0 unspecified atom stereocenters. The van der Waals surface area contributed by atoms with E-state index in [0.29, 0.717) is 15.6 Å². The Kier molecular flexibility index (Phi) is 6.46. The van der Waals surface area contributed by atoms with E-state index in [4.69, 9.17) is 33.0 Å². The summed E-state index contributed by atoms with van der Waals surface area (Å²) < 4.78 is 4.87. The Hall–Kier alpha value is -1.78. The van der Waals surface area contributed by atoms with E-state index in [-0.39, 0.29) is 24.2 Å². The fourth-order valence-electron chi connectivity index (χ4n) is 1.48. The van der Waals surface area contributed by atoms with Gasteiger partial charge < -0.3 is 9.84 Å². The fourth-order valence-corrected chi connectivity index (χ4v) is 2.02. The van der Waals surface area contributed by atoms with Crippen LogP contribution in [0.1, 0.15) is 18.9 Å². The van der Waals surface area contributed by atoms with Gasteiger partial charge in [-0.3, -0.25) is 0 Å². The quantitative estimate of drug-likeness (QED) is 0.633. The van der Waals surface area contributed by atoms with Gasteiger partial charge in [0.2, 0.25) is 0 Å². The summed E-state index contributed by atoms with van der Waals surface area (Å²) in [5, 5.41) is 9.97. The summed E-state index contributed by atoms with van der Waals surface area (Å²) in [6.07, 6.45) is 1.51. The first-order valence-corrected chi connectivity index (χ1v) is 6.78. The van der Waals surface area contributed by atoms with Crippen LogP contribution in [0.25, 0.3) is 6.08 Å². The van der Waals surface area contributed by atoms with Crippen molar-refractivity contribution in [2.75, 3.05) is 6.61 Å². The van der Waals surface area contributed by atoms with E-state index in [2.05, 4.69) is 6.58 Å². The zero-order valence-electron chi connectivity index (χ0n) is 11.4. The lowest BCUT2D eigenvalue weighted by Gasteiger charge is -2.06. The van der Waals surface area contributed by atoms with Crippen molar-refractivity contribution in [3.8, 4) is 0 Å². The Morgan fingerprint density at radius 3 is 2.33 bits per heavy atom. The van der Waals surface area contributed by atoms with Crippen LogP contribution in [0.5, 0.6) is 0 Å². The topological polar surface area (TPSA) is 63.6 Å². The van der Waals surface area contributed by atoms with Crippen molar-refractivity contribution in [1.82, 2.24) is 0 Å². The largest absolute Gasteiger partial charge is 0.478 e. The van der Waals surface area contributed by atoms with Crippen LogP contribution in [0, 0.1) is 0 Å². The number of benzene rings is 1. The van der Waals surface area contributed by atoms with Crippen molar-refractivity contribution in [1.29, 1.82) is 0 Å². The van der Waals surface area contributed by atoms with Gasteiger partial charge in [0.15, 0.2) is 0 Å². The molecule has 0 saturated carbocycles. The van der Waals surface area contributed by atoms with E-state index in [1.807, 2.05) is 0 Å². The van der Waals surface area contributed by atoms with Gasteiger partial charge in [0.1, 0.15) is 0 Å². The maximum atomic E-state index is 11.2. The number of carboxylic acid groups (broad SMARTS) is 1. The average molecular weight is 329 g/mol. The molecule has 0 atom stereocenters. The van der Waals surface area contributed by atoms with E-state index in [1.54, 1.807) is 18.2 Å². The molecule has 0 spiro atoms. The minimum atomic E-state index is -1.10. The molecule has 4 nitrogen and oxygen atoms in total. The summed E-state index contributed by atoms with van der Waals surface area (Å²) in [5.74, 6) is -1.65. The molecule has 0 amide bonds. The Morgan fingerprint density at radius 1 is 1.29 bits per heavy atom. The molecule has 1 aromatic carbocycles. The number of carbonyl (C=O) groups is 2. The van der Waals surface area contributed by atoms with Gasteiger partial charge in [-0.2, -0.15) is 0 Å². The van der Waals surface area contributed by atoms with Gasteiger partial charge in [0.25, 0.3) is 0 Å². The number of rotatable bonds is 6. The zero-order valence-corrected chi connectivity index (χ0v) is 12.9. The van der Waals surface area contributed by atoms with E-state index in [0.717, 1.165) is 0 Å². The first-order chi connectivity index (χ1) is 9.79. The van der Waals surface area contributed by atoms with Crippen LogP contribution in [-0.2, 0) is 14.3 Å². The van der Waals surface area contributed by atoms with E-state index >= 15 is 0 Å². The van der Waals surface area contributed by atoms with E-state index in [1.165, 1.54) is 13.0 Å². The standard InChI is InChI=1S/C15H14Cl2O4/c1-9(2)15(20)21-4-3-11(14(18)19)5-10-6-12(16)8-13(17)7-10/h5-8H,1,3-4H2,2H3,(H,18,19). The van der Waals surface area contributed by atoms with Crippen molar-refractivity contribution >= 4 is 41.2 Å². The Balaban J connectivity index is 2.81. The molecular formula is C15H14Cl2O4.